The zero-order chi connectivity index (χ0) is 15.7. The number of benzene rings is 1. The molecule has 2 aromatic rings. The van der Waals surface area contributed by atoms with Crippen LogP contribution in [-0.2, 0) is 4.79 Å². The quantitative estimate of drug-likeness (QED) is 0.688. The van der Waals surface area contributed by atoms with Gasteiger partial charge in [-0.15, -0.1) is 0 Å². The summed E-state index contributed by atoms with van der Waals surface area (Å²) in [6.45, 7) is -0.129. The molecule has 7 nitrogen and oxygen atoms in total. The van der Waals surface area contributed by atoms with E-state index < -0.39 is 11.9 Å². The number of halogens is 2. The first-order valence-corrected chi connectivity index (χ1v) is 6.85. The van der Waals surface area contributed by atoms with Crippen LogP contribution in [0.2, 0.25) is 10.0 Å². The largest absolute Gasteiger partial charge is 0.435 e. The van der Waals surface area contributed by atoms with Crippen LogP contribution in [0.1, 0.15) is 5.89 Å². The van der Waals surface area contributed by atoms with E-state index in [1.54, 1.807) is 18.2 Å². The highest BCUT2D eigenvalue weighted by Crippen LogP contribution is 2.28. The Morgan fingerprint density at radius 3 is 2.82 bits per heavy atom. The van der Waals surface area contributed by atoms with Crippen molar-refractivity contribution in [3.63, 3.8) is 0 Å². The number of carbonyl (C=O) groups is 2. The van der Waals surface area contributed by atoms with Crippen molar-refractivity contribution in [3.05, 3.63) is 40.3 Å². The Labute approximate surface area is 134 Å². The van der Waals surface area contributed by atoms with Gasteiger partial charge in [-0.1, -0.05) is 23.2 Å². The van der Waals surface area contributed by atoms with Crippen LogP contribution < -0.4 is 5.32 Å². The number of aromatic nitrogens is 1. The van der Waals surface area contributed by atoms with Gasteiger partial charge in [-0.2, -0.15) is 5.10 Å². The molecule has 3 amide bonds. The molecule has 0 radical (unpaired) electrons. The Morgan fingerprint density at radius 1 is 1.32 bits per heavy atom. The van der Waals surface area contributed by atoms with Crippen molar-refractivity contribution in [1.29, 1.82) is 0 Å². The van der Waals surface area contributed by atoms with Crippen LogP contribution in [0, 0.1) is 0 Å². The molecule has 0 atom stereocenters. The lowest BCUT2D eigenvalue weighted by molar-refractivity contribution is -0.118. The van der Waals surface area contributed by atoms with E-state index in [1.165, 1.54) is 12.4 Å². The highest BCUT2D eigenvalue weighted by Gasteiger charge is 2.26. The summed E-state index contributed by atoms with van der Waals surface area (Å²) in [5.74, 6) is 0.251. The number of oxazole rings is 1. The lowest BCUT2D eigenvalue weighted by atomic mass is 10.2. The molecule has 0 unspecified atom stereocenters. The molecule has 1 aliphatic rings. The molecule has 1 saturated heterocycles. The summed E-state index contributed by atoms with van der Waals surface area (Å²) in [6.07, 6.45) is 2.75. The van der Waals surface area contributed by atoms with E-state index in [-0.39, 0.29) is 12.4 Å². The molecule has 0 aliphatic carbocycles. The predicted molar refractivity (Wildman–Crippen MR) is 79.8 cm³/mol. The highest BCUT2D eigenvalue weighted by molar-refractivity contribution is 6.42. The minimum atomic E-state index is -0.586. The molecule has 2 heterocycles. The Morgan fingerprint density at radius 2 is 2.14 bits per heavy atom. The number of hydrogen-bond acceptors (Lipinski definition) is 5. The van der Waals surface area contributed by atoms with Crippen molar-refractivity contribution in [2.45, 2.75) is 0 Å². The number of amides is 3. The molecule has 1 aromatic heterocycles. The second-order valence-corrected chi connectivity index (χ2v) is 5.16. The van der Waals surface area contributed by atoms with Crippen molar-refractivity contribution in [2.24, 2.45) is 5.10 Å². The second kappa shape index (κ2) is 5.78. The van der Waals surface area contributed by atoms with Gasteiger partial charge in [0.25, 0.3) is 0 Å². The predicted octanol–water partition coefficient (Wildman–Crippen LogP) is 2.53. The summed E-state index contributed by atoms with van der Waals surface area (Å²) in [5, 5.41) is 7.76. The normalized spacial score (nSPS) is 14.9. The maximum Gasteiger partial charge on any atom is 0.344 e. The third-order valence-electron chi connectivity index (χ3n) is 2.81. The molecule has 1 N–H and O–H groups in total. The molecule has 1 fully saturated rings. The van der Waals surface area contributed by atoms with E-state index in [0.717, 1.165) is 5.01 Å². The smallest absolute Gasteiger partial charge is 0.344 e. The summed E-state index contributed by atoms with van der Waals surface area (Å²) in [6, 6.07) is 4.45. The zero-order valence-corrected chi connectivity index (χ0v) is 12.4. The lowest BCUT2D eigenvalue weighted by Gasteiger charge is -2.02. The standard InChI is InChI=1S/C13H8Cl2N4O3/c14-8-2-1-7(3-9(8)15)10-4-16-12(22-10)5-17-19-6-11(20)18-13(19)21/h1-5H,6H2,(H,18,20,21)/b17-5+. The summed E-state index contributed by atoms with van der Waals surface area (Å²) < 4.78 is 5.48. The van der Waals surface area contributed by atoms with Crippen LogP contribution in [0.15, 0.2) is 33.9 Å². The van der Waals surface area contributed by atoms with E-state index in [9.17, 15) is 9.59 Å². The number of hydrogen-bond donors (Lipinski definition) is 1. The van der Waals surface area contributed by atoms with Gasteiger partial charge in [0.2, 0.25) is 11.8 Å². The summed E-state index contributed by atoms with van der Waals surface area (Å²) >= 11 is 11.8. The van der Waals surface area contributed by atoms with Gasteiger partial charge in [0.15, 0.2) is 5.76 Å². The van der Waals surface area contributed by atoms with Crippen LogP contribution in [0.25, 0.3) is 11.3 Å². The second-order valence-electron chi connectivity index (χ2n) is 4.35. The minimum absolute atomic E-state index is 0.129. The van der Waals surface area contributed by atoms with Crippen LogP contribution in [0.3, 0.4) is 0 Å². The third-order valence-corrected chi connectivity index (χ3v) is 3.55. The number of urea groups is 1. The number of imide groups is 1. The van der Waals surface area contributed by atoms with Gasteiger partial charge in [0, 0.05) is 5.56 Å². The molecule has 3 rings (SSSR count). The Bertz CT molecular complexity index is 787. The fraction of sp³-hybridized carbons (Fsp3) is 0.0769. The van der Waals surface area contributed by atoms with Gasteiger partial charge in [0.05, 0.1) is 16.2 Å². The van der Waals surface area contributed by atoms with Gasteiger partial charge in [-0.05, 0) is 18.2 Å². The van der Waals surface area contributed by atoms with E-state index in [1.807, 2.05) is 0 Å². The first-order valence-electron chi connectivity index (χ1n) is 6.09. The molecule has 0 spiro atoms. The van der Waals surface area contributed by atoms with E-state index in [0.29, 0.717) is 21.4 Å². The highest BCUT2D eigenvalue weighted by atomic mass is 35.5. The molecule has 1 aromatic carbocycles. The lowest BCUT2D eigenvalue weighted by Crippen LogP contribution is -2.24. The molecule has 0 saturated carbocycles. The average molecular weight is 339 g/mol. The maximum atomic E-state index is 11.3. The van der Waals surface area contributed by atoms with Gasteiger partial charge < -0.3 is 4.42 Å². The van der Waals surface area contributed by atoms with Crippen LogP contribution in [0.4, 0.5) is 4.79 Å². The minimum Gasteiger partial charge on any atom is -0.435 e. The van der Waals surface area contributed by atoms with Gasteiger partial charge in [0.1, 0.15) is 12.8 Å². The number of hydrazone groups is 1. The molecule has 1 aliphatic heterocycles. The van der Waals surface area contributed by atoms with Crippen LogP contribution >= 0.6 is 23.2 Å². The monoisotopic (exact) mass is 338 g/mol. The number of nitrogens with zero attached hydrogens (tertiary/aromatic N) is 3. The Kier molecular flexibility index (Phi) is 3.82. The zero-order valence-electron chi connectivity index (χ0n) is 10.9. The van der Waals surface area contributed by atoms with Crippen molar-refractivity contribution in [3.8, 4) is 11.3 Å². The molecular formula is C13H8Cl2N4O3. The summed E-state index contributed by atoms with van der Waals surface area (Å²) in [5.41, 5.74) is 0.704. The van der Waals surface area contributed by atoms with Crippen molar-refractivity contribution in [2.75, 3.05) is 6.54 Å². The molecule has 9 heteroatoms. The molecule has 22 heavy (non-hydrogen) atoms. The Balaban J connectivity index is 1.77. The topological polar surface area (TPSA) is 87.8 Å². The van der Waals surface area contributed by atoms with Crippen molar-refractivity contribution >= 4 is 41.4 Å². The van der Waals surface area contributed by atoms with Gasteiger partial charge >= 0.3 is 6.03 Å². The van der Waals surface area contributed by atoms with E-state index in [4.69, 9.17) is 27.6 Å². The van der Waals surface area contributed by atoms with Crippen molar-refractivity contribution < 1.29 is 14.0 Å². The van der Waals surface area contributed by atoms with E-state index >= 15 is 0 Å². The van der Waals surface area contributed by atoms with Crippen LogP contribution in [-0.4, -0.2) is 34.7 Å². The molecule has 0 bridgehead atoms. The first kappa shape index (κ1) is 14.6. The van der Waals surface area contributed by atoms with Crippen LogP contribution in [0.5, 0.6) is 0 Å². The molecular weight excluding hydrogens is 331 g/mol. The number of carbonyl (C=O) groups excluding carboxylic acids is 2. The first-order chi connectivity index (χ1) is 10.5. The fourth-order valence-corrected chi connectivity index (χ4v) is 2.07. The van der Waals surface area contributed by atoms with Gasteiger partial charge in [-0.3, -0.25) is 10.1 Å². The van der Waals surface area contributed by atoms with Crippen molar-refractivity contribution in [1.82, 2.24) is 15.3 Å². The maximum absolute atomic E-state index is 11.3. The fourth-order valence-electron chi connectivity index (χ4n) is 1.77. The number of rotatable bonds is 3. The summed E-state index contributed by atoms with van der Waals surface area (Å²) in [7, 11) is 0. The molecule has 112 valence electrons. The van der Waals surface area contributed by atoms with E-state index in [2.05, 4.69) is 15.4 Å². The third kappa shape index (κ3) is 2.95. The average Bonchev–Trinajstić information content (AvgIpc) is 3.06. The SMILES string of the molecule is O=C1CN(/N=C/c2ncc(-c3ccc(Cl)c(Cl)c3)o2)C(=O)N1. The van der Waals surface area contributed by atoms with Gasteiger partial charge in [-0.25, -0.2) is 14.8 Å². The Hall–Kier alpha value is -2.38. The number of nitrogens with one attached hydrogen (secondary N) is 1. The summed E-state index contributed by atoms with van der Waals surface area (Å²) in [4.78, 5) is 26.3.